The van der Waals surface area contributed by atoms with Crippen LogP contribution in [0.1, 0.15) is 32.9 Å². The number of nitrogens with zero attached hydrogens (tertiary/aromatic N) is 4. The molecule has 1 saturated heterocycles. The number of likely N-dealkylation sites (tertiary alicyclic amines) is 1. The summed E-state index contributed by atoms with van der Waals surface area (Å²) in [5.41, 5.74) is 0.497. The van der Waals surface area contributed by atoms with Gasteiger partial charge < -0.3 is 9.64 Å². The molecule has 1 aliphatic heterocycles. The van der Waals surface area contributed by atoms with Crippen molar-refractivity contribution in [2.24, 2.45) is 0 Å². The number of carbonyl (C=O) groups excluding carboxylic acids is 1. The lowest BCUT2D eigenvalue weighted by atomic mass is 10.2. The molecule has 0 bridgehead atoms. The molecule has 1 amide bonds. The van der Waals surface area contributed by atoms with Crippen molar-refractivity contribution in [1.29, 1.82) is 0 Å². The first-order chi connectivity index (χ1) is 9.85. The second-order valence-electron chi connectivity index (χ2n) is 6.48. The van der Waals surface area contributed by atoms with Gasteiger partial charge in [-0.2, -0.15) is 0 Å². The van der Waals surface area contributed by atoms with Gasteiger partial charge in [-0.15, -0.1) is 0 Å². The summed E-state index contributed by atoms with van der Waals surface area (Å²) < 4.78 is 5.41. The third-order valence-electron chi connectivity index (χ3n) is 3.47. The minimum Gasteiger partial charge on any atom is -0.444 e. The van der Waals surface area contributed by atoms with E-state index in [-0.39, 0.29) is 6.09 Å². The highest BCUT2D eigenvalue weighted by atomic mass is 16.6. The minimum atomic E-state index is -0.444. The number of rotatable bonds is 3. The maximum atomic E-state index is 12.1. The van der Waals surface area contributed by atoms with Gasteiger partial charge in [-0.3, -0.25) is 14.9 Å². The van der Waals surface area contributed by atoms with E-state index in [0.717, 1.165) is 25.2 Å². The zero-order chi connectivity index (χ0) is 15.5. The van der Waals surface area contributed by atoms with Gasteiger partial charge in [0.15, 0.2) is 0 Å². The van der Waals surface area contributed by atoms with Crippen LogP contribution >= 0.6 is 0 Å². The summed E-state index contributed by atoms with van der Waals surface area (Å²) in [6.45, 7) is 7.84. The quantitative estimate of drug-likeness (QED) is 0.852. The van der Waals surface area contributed by atoms with Crippen molar-refractivity contribution >= 4 is 6.09 Å². The standard InChI is InChI=1S/C15H24N4O2/c1-15(2,3)21-14(20)19-8-5-13(11-19)18(4)10-12-9-16-6-7-17-12/h6-7,9,13H,5,8,10-11H2,1-4H3. The Morgan fingerprint density at radius 3 is 2.86 bits per heavy atom. The SMILES string of the molecule is CN(Cc1cnccn1)C1CCN(C(=O)OC(C)(C)C)C1. The Morgan fingerprint density at radius 1 is 1.48 bits per heavy atom. The van der Waals surface area contributed by atoms with E-state index >= 15 is 0 Å². The molecule has 6 heteroatoms. The summed E-state index contributed by atoms with van der Waals surface area (Å²) in [6, 6.07) is 0.333. The molecular weight excluding hydrogens is 268 g/mol. The Kier molecular flexibility index (Phi) is 4.77. The summed E-state index contributed by atoms with van der Waals surface area (Å²) in [7, 11) is 2.05. The third kappa shape index (κ3) is 4.67. The summed E-state index contributed by atoms with van der Waals surface area (Å²) in [5.74, 6) is 0. The van der Waals surface area contributed by atoms with Crippen LogP contribution < -0.4 is 0 Å². The van der Waals surface area contributed by atoms with E-state index < -0.39 is 5.60 Å². The Hall–Kier alpha value is -1.69. The van der Waals surface area contributed by atoms with Gasteiger partial charge >= 0.3 is 6.09 Å². The van der Waals surface area contributed by atoms with Crippen LogP contribution in [-0.2, 0) is 11.3 Å². The fraction of sp³-hybridized carbons (Fsp3) is 0.667. The molecule has 2 heterocycles. The highest BCUT2D eigenvalue weighted by Crippen LogP contribution is 2.19. The first kappa shape index (κ1) is 15.7. The molecule has 0 saturated carbocycles. The molecule has 1 atom stereocenters. The predicted octanol–water partition coefficient (Wildman–Crippen LogP) is 1.92. The second kappa shape index (κ2) is 6.39. The summed E-state index contributed by atoms with van der Waals surface area (Å²) >= 11 is 0. The van der Waals surface area contributed by atoms with E-state index in [2.05, 4.69) is 21.9 Å². The molecule has 1 aromatic heterocycles. The number of aromatic nitrogens is 2. The van der Waals surface area contributed by atoms with Gasteiger partial charge in [0, 0.05) is 44.3 Å². The first-order valence-electron chi connectivity index (χ1n) is 7.28. The Morgan fingerprint density at radius 2 is 2.24 bits per heavy atom. The molecule has 0 spiro atoms. The zero-order valence-electron chi connectivity index (χ0n) is 13.2. The van der Waals surface area contributed by atoms with E-state index in [1.807, 2.05) is 20.8 Å². The van der Waals surface area contributed by atoms with Crippen LogP contribution in [0.3, 0.4) is 0 Å². The van der Waals surface area contributed by atoms with Crippen molar-refractivity contribution in [3.8, 4) is 0 Å². The highest BCUT2D eigenvalue weighted by Gasteiger charge is 2.31. The van der Waals surface area contributed by atoms with Crippen LogP contribution in [0.4, 0.5) is 4.79 Å². The second-order valence-corrected chi connectivity index (χ2v) is 6.48. The molecule has 0 N–H and O–H groups in total. The van der Waals surface area contributed by atoms with Gasteiger partial charge in [0.25, 0.3) is 0 Å². The van der Waals surface area contributed by atoms with Crippen LogP contribution in [0.2, 0.25) is 0 Å². The van der Waals surface area contributed by atoms with Crippen LogP contribution in [0.5, 0.6) is 0 Å². The summed E-state index contributed by atoms with van der Waals surface area (Å²) in [4.78, 5) is 24.4. The highest BCUT2D eigenvalue weighted by molar-refractivity contribution is 5.68. The molecular formula is C15H24N4O2. The van der Waals surface area contributed by atoms with Crippen LogP contribution in [0, 0.1) is 0 Å². The third-order valence-corrected chi connectivity index (χ3v) is 3.47. The number of carbonyl (C=O) groups is 1. The number of likely N-dealkylation sites (N-methyl/N-ethyl adjacent to an activating group) is 1. The van der Waals surface area contributed by atoms with Gasteiger partial charge in [0.2, 0.25) is 0 Å². The lowest BCUT2D eigenvalue weighted by Gasteiger charge is -2.26. The van der Waals surface area contributed by atoms with E-state index in [1.165, 1.54) is 0 Å². The van der Waals surface area contributed by atoms with Gasteiger partial charge in [-0.1, -0.05) is 0 Å². The number of ether oxygens (including phenoxy) is 1. The number of hydrogen-bond donors (Lipinski definition) is 0. The van der Waals surface area contributed by atoms with Gasteiger partial charge in [0.1, 0.15) is 5.60 Å². The zero-order valence-corrected chi connectivity index (χ0v) is 13.2. The normalized spacial score (nSPS) is 19.1. The minimum absolute atomic E-state index is 0.224. The predicted molar refractivity (Wildman–Crippen MR) is 79.7 cm³/mol. The maximum absolute atomic E-state index is 12.1. The van der Waals surface area contributed by atoms with Gasteiger partial charge in [-0.05, 0) is 34.2 Å². The fourth-order valence-electron chi connectivity index (χ4n) is 2.39. The van der Waals surface area contributed by atoms with Crippen LogP contribution in [0.25, 0.3) is 0 Å². The maximum Gasteiger partial charge on any atom is 0.410 e. The lowest BCUT2D eigenvalue weighted by molar-refractivity contribution is 0.0282. The molecule has 0 radical (unpaired) electrons. The van der Waals surface area contributed by atoms with Crippen molar-refractivity contribution in [2.45, 2.75) is 45.4 Å². The Bertz CT molecular complexity index is 472. The summed E-state index contributed by atoms with van der Waals surface area (Å²) in [6.07, 6.45) is 5.87. The van der Waals surface area contributed by atoms with Crippen LogP contribution in [0.15, 0.2) is 18.6 Å². The molecule has 2 rings (SSSR count). The molecule has 1 unspecified atom stereocenters. The van der Waals surface area contributed by atoms with Crippen molar-refractivity contribution in [1.82, 2.24) is 19.8 Å². The monoisotopic (exact) mass is 292 g/mol. The topological polar surface area (TPSA) is 58.6 Å². The molecule has 0 aliphatic carbocycles. The lowest BCUT2D eigenvalue weighted by Crippen LogP contribution is -2.38. The average molecular weight is 292 g/mol. The molecule has 21 heavy (non-hydrogen) atoms. The van der Waals surface area contributed by atoms with Gasteiger partial charge in [-0.25, -0.2) is 4.79 Å². The van der Waals surface area contributed by atoms with Gasteiger partial charge in [0.05, 0.1) is 5.69 Å². The Balaban J connectivity index is 1.86. The summed E-state index contributed by atoms with van der Waals surface area (Å²) in [5, 5.41) is 0. The average Bonchev–Trinajstić information content (AvgIpc) is 2.87. The molecule has 1 fully saturated rings. The fourth-order valence-corrected chi connectivity index (χ4v) is 2.39. The largest absolute Gasteiger partial charge is 0.444 e. The molecule has 116 valence electrons. The van der Waals surface area contributed by atoms with Crippen molar-refractivity contribution in [2.75, 3.05) is 20.1 Å². The first-order valence-corrected chi connectivity index (χ1v) is 7.28. The molecule has 1 aliphatic rings. The molecule has 0 aromatic carbocycles. The van der Waals surface area contributed by atoms with E-state index in [1.54, 1.807) is 23.5 Å². The van der Waals surface area contributed by atoms with Crippen molar-refractivity contribution in [3.63, 3.8) is 0 Å². The number of amides is 1. The van der Waals surface area contributed by atoms with E-state index in [9.17, 15) is 4.79 Å². The smallest absolute Gasteiger partial charge is 0.410 e. The van der Waals surface area contributed by atoms with Crippen molar-refractivity contribution in [3.05, 3.63) is 24.3 Å². The van der Waals surface area contributed by atoms with Crippen molar-refractivity contribution < 1.29 is 9.53 Å². The van der Waals surface area contributed by atoms with Crippen LogP contribution in [-0.4, -0.2) is 57.6 Å². The molecule has 6 nitrogen and oxygen atoms in total. The Labute approximate surface area is 126 Å². The van der Waals surface area contributed by atoms with E-state index in [0.29, 0.717) is 12.6 Å². The van der Waals surface area contributed by atoms with E-state index in [4.69, 9.17) is 4.74 Å². The molecule has 1 aromatic rings. The number of hydrogen-bond acceptors (Lipinski definition) is 5.